The molecule has 1 aromatic rings. The van der Waals surface area contributed by atoms with Crippen LogP contribution in [0, 0.1) is 0 Å². The molecule has 1 heterocycles. The molecule has 0 aliphatic rings. The molecule has 13 heavy (non-hydrogen) atoms. The molecule has 0 amide bonds. The van der Waals surface area contributed by atoms with Gasteiger partial charge in [0.25, 0.3) is 0 Å². The van der Waals surface area contributed by atoms with Crippen molar-refractivity contribution in [2.24, 2.45) is 0 Å². The van der Waals surface area contributed by atoms with Crippen molar-refractivity contribution in [1.29, 1.82) is 0 Å². The van der Waals surface area contributed by atoms with Crippen LogP contribution in [0.1, 0.15) is 18.5 Å². The highest BCUT2D eigenvalue weighted by molar-refractivity contribution is 5.75. The SMILES string of the molecule is COc1nccnc1C(C)C(=O)O. The molecule has 0 aliphatic carbocycles. The van der Waals surface area contributed by atoms with Gasteiger partial charge in [-0.1, -0.05) is 0 Å². The molecule has 0 saturated carbocycles. The largest absolute Gasteiger partial charge is 0.481 e. The van der Waals surface area contributed by atoms with E-state index in [1.807, 2.05) is 0 Å². The van der Waals surface area contributed by atoms with Gasteiger partial charge in [0.1, 0.15) is 11.6 Å². The van der Waals surface area contributed by atoms with Crippen molar-refractivity contribution in [3.63, 3.8) is 0 Å². The van der Waals surface area contributed by atoms with E-state index < -0.39 is 11.9 Å². The molecule has 0 fully saturated rings. The van der Waals surface area contributed by atoms with Crippen molar-refractivity contribution >= 4 is 5.97 Å². The average molecular weight is 182 g/mol. The Morgan fingerprint density at radius 1 is 1.54 bits per heavy atom. The number of hydrogen-bond acceptors (Lipinski definition) is 4. The summed E-state index contributed by atoms with van der Waals surface area (Å²) in [6.45, 7) is 1.54. The third-order valence-corrected chi connectivity index (χ3v) is 1.67. The molecule has 0 spiro atoms. The van der Waals surface area contributed by atoms with E-state index in [2.05, 4.69) is 9.97 Å². The molecular formula is C8H10N2O3. The number of aromatic nitrogens is 2. The van der Waals surface area contributed by atoms with E-state index in [9.17, 15) is 4.79 Å². The fourth-order valence-corrected chi connectivity index (χ4v) is 0.907. The Labute approximate surface area is 75.4 Å². The second-order valence-corrected chi connectivity index (χ2v) is 2.51. The molecule has 5 heteroatoms. The standard InChI is InChI=1S/C8H10N2O3/c1-5(8(11)12)6-7(13-2)10-4-3-9-6/h3-5H,1-2H3,(H,11,12). The van der Waals surface area contributed by atoms with Gasteiger partial charge in [0.15, 0.2) is 0 Å². The number of hydrogen-bond donors (Lipinski definition) is 1. The Kier molecular flexibility index (Phi) is 2.79. The summed E-state index contributed by atoms with van der Waals surface area (Å²) >= 11 is 0. The maximum Gasteiger partial charge on any atom is 0.312 e. The number of aliphatic carboxylic acids is 1. The number of nitrogens with zero attached hydrogens (tertiary/aromatic N) is 2. The first kappa shape index (κ1) is 9.44. The van der Waals surface area contributed by atoms with Crippen LogP contribution in [-0.4, -0.2) is 28.2 Å². The lowest BCUT2D eigenvalue weighted by molar-refractivity contribution is -0.138. The normalized spacial score (nSPS) is 12.2. The minimum Gasteiger partial charge on any atom is -0.481 e. The summed E-state index contributed by atoms with van der Waals surface area (Å²) in [6.07, 6.45) is 2.90. The van der Waals surface area contributed by atoms with Crippen LogP contribution < -0.4 is 4.74 Å². The van der Waals surface area contributed by atoms with Crippen molar-refractivity contribution in [3.05, 3.63) is 18.1 Å². The van der Waals surface area contributed by atoms with Crippen LogP contribution in [0.2, 0.25) is 0 Å². The summed E-state index contributed by atoms with van der Waals surface area (Å²) in [7, 11) is 1.43. The van der Waals surface area contributed by atoms with Gasteiger partial charge in [0, 0.05) is 12.4 Å². The lowest BCUT2D eigenvalue weighted by atomic mass is 10.1. The number of carboxylic acids is 1. The van der Waals surface area contributed by atoms with Crippen molar-refractivity contribution in [2.75, 3.05) is 7.11 Å². The van der Waals surface area contributed by atoms with E-state index >= 15 is 0 Å². The fourth-order valence-electron chi connectivity index (χ4n) is 0.907. The monoisotopic (exact) mass is 182 g/mol. The minimum absolute atomic E-state index is 0.261. The second-order valence-electron chi connectivity index (χ2n) is 2.51. The lowest BCUT2D eigenvalue weighted by Crippen LogP contribution is -2.11. The van der Waals surface area contributed by atoms with Crippen LogP contribution in [0.25, 0.3) is 0 Å². The minimum atomic E-state index is -0.946. The summed E-state index contributed by atoms with van der Waals surface area (Å²) in [5.41, 5.74) is 0.345. The highest BCUT2D eigenvalue weighted by Crippen LogP contribution is 2.20. The summed E-state index contributed by atoms with van der Waals surface area (Å²) < 4.78 is 4.88. The van der Waals surface area contributed by atoms with Gasteiger partial charge >= 0.3 is 5.97 Å². The summed E-state index contributed by atoms with van der Waals surface area (Å²) in [4.78, 5) is 18.4. The lowest BCUT2D eigenvalue weighted by Gasteiger charge is -2.08. The van der Waals surface area contributed by atoms with E-state index in [1.165, 1.54) is 26.4 Å². The summed E-state index contributed by atoms with van der Waals surface area (Å²) in [5.74, 6) is -1.39. The molecule has 1 unspecified atom stereocenters. The van der Waals surface area contributed by atoms with Crippen LogP contribution in [0.15, 0.2) is 12.4 Å². The number of ether oxygens (including phenoxy) is 1. The van der Waals surface area contributed by atoms with Gasteiger partial charge < -0.3 is 9.84 Å². The molecule has 1 aromatic heterocycles. The zero-order chi connectivity index (χ0) is 9.84. The van der Waals surface area contributed by atoms with Gasteiger partial charge in [-0.2, -0.15) is 0 Å². The number of carbonyl (C=O) groups is 1. The van der Waals surface area contributed by atoms with Gasteiger partial charge in [-0.05, 0) is 6.92 Å². The Hall–Kier alpha value is -1.65. The van der Waals surface area contributed by atoms with Crippen LogP contribution >= 0.6 is 0 Å². The number of rotatable bonds is 3. The summed E-state index contributed by atoms with van der Waals surface area (Å²) in [5, 5.41) is 8.73. The van der Waals surface area contributed by atoms with Gasteiger partial charge in [0.05, 0.1) is 7.11 Å². The number of methoxy groups -OCH3 is 1. The third-order valence-electron chi connectivity index (χ3n) is 1.67. The molecule has 1 atom stereocenters. The predicted octanol–water partition coefficient (Wildman–Crippen LogP) is 0.673. The molecule has 0 radical (unpaired) electrons. The maximum absolute atomic E-state index is 10.6. The molecule has 5 nitrogen and oxygen atoms in total. The zero-order valence-electron chi connectivity index (χ0n) is 7.39. The van der Waals surface area contributed by atoms with E-state index in [-0.39, 0.29) is 5.88 Å². The van der Waals surface area contributed by atoms with Crippen molar-refractivity contribution < 1.29 is 14.6 Å². The molecule has 1 N–H and O–H groups in total. The average Bonchev–Trinajstić information content (AvgIpc) is 2.16. The van der Waals surface area contributed by atoms with Gasteiger partial charge in [0.2, 0.25) is 5.88 Å². The maximum atomic E-state index is 10.6. The van der Waals surface area contributed by atoms with Crippen molar-refractivity contribution in [3.8, 4) is 5.88 Å². The van der Waals surface area contributed by atoms with Crippen LogP contribution in [-0.2, 0) is 4.79 Å². The highest BCUT2D eigenvalue weighted by atomic mass is 16.5. The van der Waals surface area contributed by atoms with Crippen molar-refractivity contribution in [2.45, 2.75) is 12.8 Å². The van der Waals surface area contributed by atoms with E-state index in [1.54, 1.807) is 0 Å². The van der Waals surface area contributed by atoms with Crippen LogP contribution in [0.3, 0.4) is 0 Å². The van der Waals surface area contributed by atoms with Crippen LogP contribution in [0.5, 0.6) is 5.88 Å². The Morgan fingerprint density at radius 3 is 2.69 bits per heavy atom. The first-order valence-corrected chi connectivity index (χ1v) is 3.74. The van der Waals surface area contributed by atoms with Gasteiger partial charge in [-0.15, -0.1) is 0 Å². The van der Waals surface area contributed by atoms with E-state index in [0.29, 0.717) is 5.69 Å². The Morgan fingerprint density at radius 2 is 2.15 bits per heavy atom. The van der Waals surface area contributed by atoms with E-state index in [4.69, 9.17) is 9.84 Å². The van der Waals surface area contributed by atoms with E-state index in [0.717, 1.165) is 0 Å². The molecule has 0 aromatic carbocycles. The van der Waals surface area contributed by atoms with Crippen molar-refractivity contribution in [1.82, 2.24) is 9.97 Å². The molecule has 0 bridgehead atoms. The highest BCUT2D eigenvalue weighted by Gasteiger charge is 2.20. The second kappa shape index (κ2) is 3.84. The Balaban J connectivity index is 3.05. The topological polar surface area (TPSA) is 72.3 Å². The van der Waals surface area contributed by atoms with Crippen LogP contribution in [0.4, 0.5) is 0 Å². The first-order chi connectivity index (χ1) is 6.16. The number of carboxylic acid groups (broad SMARTS) is 1. The molecular weight excluding hydrogens is 172 g/mol. The zero-order valence-corrected chi connectivity index (χ0v) is 7.39. The first-order valence-electron chi connectivity index (χ1n) is 3.74. The fraction of sp³-hybridized carbons (Fsp3) is 0.375. The molecule has 0 aliphatic heterocycles. The summed E-state index contributed by atoms with van der Waals surface area (Å²) in [6, 6.07) is 0. The Bertz CT molecular complexity index is 314. The predicted molar refractivity (Wildman–Crippen MR) is 44.6 cm³/mol. The van der Waals surface area contributed by atoms with Gasteiger partial charge in [-0.3, -0.25) is 9.78 Å². The van der Waals surface area contributed by atoms with Gasteiger partial charge in [-0.25, -0.2) is 4.98 Å². The smallest absolute Gasteiger partial charge is 0.312 e. The molecule has 1 rings (SSSR count). The quantitative estimate of drug-likeness (QED) is 0.743. The third kappa shape index (κ3) is 1.93. The molecule has 70 valence electrons. The molecule has 0 saturated heterocycles.